The second kappa shape index (κ2) is 6.30. The fourth-order valence-electron chi connectivity index (χ4n) is 2.31. The lowest BCUT2D eigenvalue weighted by Gasteiger charge is -2.19. The highest BCUT2D eigenvalue weighted by Crippen LogP contribution is 2.40. The van der Waals surface area contributed by atoms with Crippen LogP contribution in [0.15, 0.2) is 24.3 Å². The van der Waals surface area contributed by atoms with Crippen molar-refractivity contribution in [2.24, 2.45) is 5.92 Å². The normalized spacial score (nSPS) is 18.6. The van der Waals surface area contributed by atoms with Gasteiger partial charge in [-0.25, -0.2) is 4.39 Å². The van der Waals surface area contributed by atoms with Gasteiger partial charge >= 0.3 is 0 Å². The van der Waals surface area contributed by atoms with Gasteiger partial charge in [0, 0.05) is 6.04 Å². The van der Waals surface area contributed by atoms with E-state index in [0.717, 1.165) is 19.4 Å². The molecule has 0 heterocycles. The summed E-state index contributed by atoms with van der Waals surface area (Å²) in [7, 11) is 0. The van der Waals surface area contributed by atoms with Crippen molar-refractivity contribution in [1.82, 2.24) is 5.32 Å². The number of nitrogens with one attached hydrogen (secondary N) is 1. The Labute approximate surface area is 108 Å². The van der Waals surface area contributed by atoms with Gasteiger partial charge in [-0.1, -0.05) is 12.1 Å². The molecule has 1 aromatic rings. The number of aliphatic hydroxyl groups is 1. The quantitative estimate of drug-likeness (QED) is 0.730. The molecule has 1 aromatic carbocycles. The lowest BCUT2D eigenvalue weighted by atomic mass is 10.0. The zero-order valence-electron chi connectivity index (χ0n) is 10.9. The summed E-state index contributed by atoms with van der Waals surface area (Å²) in [5.41, 5.74) is 1.18. The molecule has 2 atom stereocenters. The molecule has 1 aliphatic carbocycles. The van der Waals surface area contributed by atoms with Crippen LogP contribution >= 0.6 is 0 Å². The molecular formula is C15H22FNO. The molecule has 3 heteroatoms. The van der Waals surface area contributed by atoms with Crippen molar-refractivity contribution < 1.29 is 9.50 Å². The molecule has 2 rings (SSSR count). The van der Waals surface area contributed by atoms with E-state index in [1.165, 1.54) is 30.5 Å². The third kappa shape index (κ3) is 4.07. The predicted molar refractivity (Wildman–Crippen MR) is 70.8 cm³/mol. The zero-order valence-corrected chi connectivity index (χ0v) is 10.9. The maximum absolute atomic E-state index is 12.9. The predicted octanol–water partition coefficient (Wildman–Crippen LogP) is 3.03. The molecule has 2 nitrogen and oxygen atoms in total. The topological polar surface area (TPSA) is 32.3 Å². The first-order valence-electron chi connectivity index (χ1n) is 6.83. The van der Waals surface area contributed by atoms with Crippen molar-refractivity contribution in [1.29, 1.82) is 0 Å². The van der Waals surface area contributed by atoms with Crippen LogP contribution in [-0.2, 0) is 0 Å². The number of benzene rings is 1. The van der Waals surface area contributed by atoms with Crippen LogP contribution < -0.4 is 5.32 Å². The van der Waals surface area contributed by atoms with E-state index in [-0.39, 0.29) is 11.9 Å². The molecule has 0 aliphatic heterocycles. The van der Waals surface area contributed by atoms with Crippen LogP contribution in [0, 0.1) is 11.7 Å². The molecule has 0 bridgehead atoms. The third-order valence-electron chi connectivity index (χ3n) is 3.49. The van der Waals surface area contributed by atoms with Gasteiger partial charge in [-0.2, -0.15) is 0 Å². The lowest BCUT2D eigenvalue weighted by Crippen LogP contribution is -2.24. The zero-order chi connectivity index (χ0) is 13.0. The maximum Gasteiger partial charge on any atom is 0.123 e. The van der Waals surface area contributed by atoms with Crippen LogP contribution in [0.2, 0.25) is 0 Å². The van der Waals surface area contributed by atoms with Gasteiger partial charge in [0.25, 0.3) is 0 Å². The van der Waals surface area contributed by atoms with Gasteiger partial charge in [0.1, 0.15) is 5.82 Å². The Hall–Kier alpha value is -0.930. The van der Waals surface area contributed by atoms with E-state index in [2.05, 4.69) is 5.32 Å². The summed E-state index contributed by atoms with van der Waals surface area (Å²) >= 11 is 0. The molecular weight excluding hydrogens is 229 g/mol. The maximum atomic E-state index is 12.9. The number of hydrogen-bond donors (Lipinski definition) is 2. The Bertz CT molecular complexity index is 359. The molecule has 0 saturated heterocycles. The standard InChI is InChI=1S/C15H22FNO/c1-11(18)3-2-10-17-15(12-4-5-12)13-6-8-14(16)9-7-13/h6-9,11-12,15,17-18H,2-5,10H2,1H3. The third-order valence-corrected chi connectivity index (χ3v) is 3.49. The Balaban J connectivity index is 1.86. The van der Waals surface area contributed by atoms with Crippen molar-refractivity contribution in [2.75, 3.05) is 6.54 Å². The highest BCUT2D eigenvalue weighted by atomic mass is 19.1. The molecule has 100 valence electrons. The van der Waals surface area contributed by atoms with Crippen LogP contribution in [0.1, 0.15) is 44.2 Å². The van der Waals surface area contributed by atoms with Gasteiger partial charge in [-0.15, -0.1) is 0 Å². The van der Waals surface area contributed by atoms with E-state index in [1.54, 1.807) is 0 Å². The van der Waals surface area contributed by atoms with Crippen molar-refractivity contribution >= 4 is 0 Å². The number of aliphatic hydroxyl groups excluding tert-OH is 1. The van der Waals surface area contributed by atoms with Gasteiger partial charge < -0.3 is 10.4 Å². The van der Waals surface area contributed by atoms with Gasteiger partial charge in [-0.3, -0.25) is 0 Å². The number of rotatable bonds is 7. The minimum atomic E-state index is -0.225. The summed E-state index contributed by atoms with van der Waals surface area (Å²) in [5, 5.41) is 12.8. The molecule has 2 unspecified atom stereocenters. The fraction of sp³-hybridized carbons (Fsp3) is 0.600. The first-order valence-corrected chi connectivity index (χ1v) is 6.83. The Kier molecular flexibility index (Phi) is 4.72. The van der Waals surface area contributed by atoms with Crippen molar-refractivity contribution in [3.63, 3.8) is 0 Å². The molecule has 0 amide bonds. The van der Waals surface area contributed by atoms with E-state index < -0.39 is 0 Å². The van der Waals surface area contributed by atoms with E-state index >= 15 is 0 Å². The first-order chi connectivity index (χ1) is 8.66. The molecule has 0 aromatic heterocycles. The second-order valence-corrected chi connectivity index (χ2v) is 5.31. The Morgan fingerprint density at radius 2 is 2.00 bits per heavy atom. The van der Waals surface area contributed by atoms with Crippen LogP contribution in [0.5, 0.6) is 0 Å². The van der Waals surface area contributed by atoms with E-state index in [0.29, 0.717) is 12.0 Å². The highest BCUT2D eigenvalue weighted by molar-refractivity contribution is 5.21. The van der Waals surface area contributed by atoms with Gasteiger partial charge in [0.15, 0.2) is 0 Å². The summed E-state index contributed by atoms with van der Waals surface area (Å²) in [6, 6.07) is 7.16. The van der Waals surface area contributed by atoms with Crippen molar-refractivity contribution in [3.05, 3.63) is 35.6 Å². The van der Waals surface area contributed by atoms with Crippen LogP contribution in [0.25, 0.3) is 0 Å². The van der Waals surface area contributed by atoms with Gasteiger partial charge in [0.2, 0.25) is 0 Å². The summed E-state index contributed by atoms with van der Waals surface area (Å²) in [6.45, 7) is 2.72. The fourth-order valence-corrected chi connectivity index (χ4v) is 2.31. The van der Waals surface area contributed by atoms with Gasteiger partial charge in [0.05, 0.1) is 6.10 Å². The van der Waals surface area contributed by atoms with Crippen molar-refractivity contribution in [3.8, 4) is 0 Å². The van der Waals surface area contributed by atoms with Gasteiger partial charge in [-0.05, 0) is 62.8 Å². The Morgan fingerprint density at radius 3 is 2.56 bits per heavy atom. The molecule has 2 N–H and O–H groups in total. The smallest absolute Gasteiger partial charge is 0.123 e. The SMILES string of the molecule is CC(O)CCCNC(c1ccc(F)cc1)C1CC1. The van der Waals surface area contributed by atoms with Crippen LogP contribution in [-0.4, -0.2) is 17.8 Å². The second-order valence-electron chi connectivity index (χ2n) is 5.31. The number of halogens is 1. The Morgan fingerprint density at radius 1 is 1.33 bits per heavy atom. The minimum Gasteiger partial charge on any atom is -0.393 e. The van der Waals surface area contributed by atoms with E-state index in [1.807, 2.05) is 19.1 Å². The van der Waals surface area contributed by atoms with Crippen LogP contribution in [0.4, 0.5) is 4.39 Å². The molecule has 1 aliphatic rings. The summed E-state index contributed by atoms with van der Waals surface area (Å²) < 4.78 is 12.9. The van der Waals surface area contributed by atoms with E-state index in [9.17, 15) is 9.50 Å². The summed E-state index contributed by atoms with van der Waals surface area (Å²) in [4.78, 5) is 0. The number of hydrogen-bond acceptors (Lipinski definition) is 2. The first kappa shape index (κ1) is 13.5. The lowest BCUT2D eigenvalue weighted by molar-refractivity contribution is 0.180. The molecule has 1 saturated carbocycles. The summed E-state index contributed by atoms with van der Waals surface area (Å²) in [6.07, 6.45) is 4.09. The van der Waals surface area contributed by atoms with Crippen molar-refractivity contribution in [2.45, 2.75) is 44.8 Å². The van der Waals surface area contributed by atoms with E-state index in [4.69, 9.17) is 0 Å². The highest BCUT2D eigenvalue weighted by Gasteiger charge is 2.31. The average molecular weight is 251 g/mol. The molecule has 0 spiro atoms. The largest absolute Gasteiger partial charge is 0.393 e. The molecule has 1 fully saturated rings. The van der Waals surface area contributed by atoms with Crippen LogP contribution in [0.3, 0.4) is 0 Å². The molecule has 18 heavy (non-hydrogen) atoms. The monoisotopic (exact) mass is 251 g/mol. The molecule has 0 radical (unpaired) electrons. The summed E-state index contributed by atoms with van der Waals surface area (Å²) in [5.74, 6) is 0.518. The minimum absolute atomic E-state index is 0.178. The average Bonchev–Trinajstić information content (AvgIpc) is 3.15.